The maximum atomic E-state index is 10.9. The molecule has 1 amide bonds. The fraction of sp³-hybridized carbons (Fsp3) is 0.875. The van der Waals surface area contributed by atoms with E-state index in [0.29, 0.717) is 6.54 Å². The zero-order valence-corrected chi connectivity index (χ0v) is 7.58. The van der Waals surface area contributed by atoms with E-state index in [1.165, 1.54) is 6.92 Å². The Kier molecular flexibility index (Phi) is 3.05. The molecule has 1 aliphatic rings. The Hall–Kier alpha value is -0.610. The lowest BCUT2D eigenvalue weighted by Gasteiger charge is -2.35. The Morgan fingerprint density at radius 2 is 2.33 bits per heavy atom. The van der Waals surface area contributed by atoms with Crippen molar-refractivity contribution in [2.75, 3.05) is 20.1 Å². The molecule has 0 radical (unpaired) electrons. The number of aliphatic hydroxyl groups excluding tert-OH is 1. The molecule has 4 nitrogen and oxygen atoms in total. The number of hydrogen-bond donors (Lipinski definition) is 2. The lowest BCUT2D eigenvalue weighted by Crippen LogP contribution is -2.52. The molecule has 0 aromatic heterocycles. The van der Waals surface area contributed by atoms with Crippen LogP contribution in [-0.4, -0.2) is 48.2 Å². The minimum Gasteiger partial charge on any atom is -0.390 e. The van der Waals surface area contributed by atoms with E-state index in [1.807, 2.05) is 7.05 Å². The molecule has 70 valence electrons. The van der Waals surface area contributed by atoms with E-state index in [-0.39, 0.29) is 11.9 Å². The first kappa shape index (κ1) is 9.48. The van der Waals surface area contributed by atoms with Crippen LogP contribution < -0.4 is 5.32 Å². The fourth-order valence-electron chi connectivity index (χ4n) is 1.55. The number of nitrogens with one attached hydrogen (secondary N) is 1. The number of piperidine rings is 1. The summed E-state index contributed by atoms with van der Waals surface area (Å²) in [6.07, 6.45) is 0.407. The fourth-order valence-corrected chi connectivity index (χ4v) is 1.55. The van der Waals surface area contributed by atoms with Crippen LogP contribution >= 0.6 is 0 Å². The van der Waals surface area contributed by atoms with Gasteiger partial charge in [0, 0.05) is 26.1 Å². The SMILES string of the molecule is CNC1CCN(C(C)=O)CC1O. The third kappa shape index (κ3) is 1.95. The average Bonchev–Trinajstić information content (AvgIpc) is 2.04. The molecule has 0 aromatic rings. The molecule has 4 heteroatoms. The summed E-state index contributed by atoms with van der Waals surface area (Å²) in [4.78, 5) is 12.6. The van der Waals surface area contributed by atoms with Gasteiger partial charge in [0.25, 0.3) is 0 Å². The van der Waals surface area contributed by atoms with E-state index < -0.39 is 6.10 Å². The molecule has 0 aliphatic carbocycles. The highest BCUT2D eigenvalue weighted by atomic mass is 16.3. The van der Waals surface area contributed by atoms with Gasteiger partial charge >= 0.3 is 0 Å². The molecular formula is C8H16N2O2. The summed E-state index contributed by atoms with van der Waals surface area (Å²) in [7, 11) is 1.83. The molecule has 1 heterocycles. The van der Waals surface area contributed by atoms with Crippen LogP contribution in [0.1, 0.15) is 13.3 Å². The van der Waals surface area contributed by atoms with Crippen molar-refractivity contribution < 1.29 is 9.90 Å². The third-order valence-electron chi connectivity index (χ3n) is 2.40. The molecule has 0 spiro atoms. The lowest BCUT2D eigenvalue weighted by molar-refractivity contribution is -0.132. The highest BCUT2D eigenvalue weighted by Gasteiger charge is 2.27. The number of hydrogen-bond acceptors (Lipinski definition) is 3. The van der Waals surface area contributed by atoms with Gasteiger partial charge in [0.15, 0.2) is 0 Å². The normalized spacial score (nSPS) is 30.4. The average molecular weight is 172 g/mol. The molecule has 12 heavy (non-hydrogen) atoms. The van der Waals surface area contributed by atoms with Gasteiger partial charge in [-0.3, -0.25) is 4.79 Å². The second-order valence-corrected chi connectivity index (χ2v) is 3.22. The number of rotatable bonds is 1. The number of carbonyl (C=O) groups is 1. The molecule has 1 fully saturated rings. The first-order chi connectivity index (χ1) is 5.65. The largest absolute Gasteiger partial charge is 0.390 e. The maximum absolute atomic E-state index is 10.9. The molecule has 0 bridgehead atoms. The Morgan fingerprint density at radius 3 is 2.75 bits per heavy atom. The number of likely N-dealkylation sites (tertiary alicyclic amines) is 1. The molecular weight excluding hydrogens is 156 g/mol. The van der Waals surface area contributed by atoms with Gasteiger partial charge in [0.2, 0.25) is 5.91 Å². The maximum Gasteiger partial charge on any atom is 0.219 e. The highest BCUT2D eigenvalue weighted by molar-refractivity contribution is 5.73. The predicted molar refractivity (Wildman–Crippen MR) is 45.7 cm³/mol. The lowest BCUT2D eigenvalue weighted by atomic mass is 10.0. The Labute approximate surface area is 72.6 Å². The summed E-state index contributed by atoms with van der Waals surface area (Å²) in [5.41, 5.74) is 0. The van der Waals surface area contributed by atoms with Gasteiger partial charge in [0.1, 0.15) is 0 Å². The van der Waals surface area contributed by atoms with Crippen LogP contribution in [0.3, 0.4) is 0 Å². The van der Waals surface area contributed by atoms with Crippen LogP contribution in [0.5, 0.6) is 0 Å². The van der Waals surface area contributed by atoms with E-state index in [9.17, 15) is 9.90 Å². The van der Waals surface area contributed by atoms with Crippen molar-refractivity contribution in [1.82, 2.24) is 10.2 Å². The number of amides is 1. The van der Waals surface area contributed by atoms with E-state index in [2.05, 4.69) is 5.32 Å². The van der Waals surface area contributed by atoms with Gasteiger partial charge in [-0.1, -0.05) is 0 Å². The van der Waals surface area contributed by atoms with Crippen LogP contribution in [0.2, 0.25) is 0 Å². The number of β-amino-alcohol motifs (C(OH)–C–C–N with tert-alkyl or cyclic N) is 1. The topological polar surface area (TPSA) is 52.6 Å². The predicted octanol–water partition coefficient (Wildman–Crippen LogP) is -0.812. The first-order valence-electron chi connectivity index (χ1n) is 4.26. The molecule has 0 saturated carbocycles. The van der Waals surface area contributed by atoms with Gasteiger partial charge in [-0.05, 0) is 13.5 Å². The van der Waals surface area contributed by atoms with Crippen molar-refractivity contribution in [2.45, 2.75) is 25.5 Å². The standard InChI is InChI=1S/C8H16N2O2/c1-6(11)10-4-3-7(9-2)8(12)5-10/h7-9,12H,3-5H2,1-2H3. The van der Waals surface area contributed by atoms with Crippen molar-refractivity contribution in [3.63, 3.8) is 0 Å². The van der Waals surface area contributed by atoms with Crippen molar-refractivity contribution >= 4 is 5.91 Å². The van der Waals surface area contributed by atoms with Crippen LogP contribution in [0.4, 0.5) is 0 Å². The molecule has 1 rings (SSSR count). The Morgan fingerprint density at radius 1 is 1.67 bits per heavy atom. The molecule has 2 atom stereocenters. The monoisotopic (exact) mass is 172 g/mol. The quantitative estimate of drug-likeness (QED) is 0.544. The van der Waals surface area contributed by atoms with E-state index in [4.69, 9.17) is 0 Å². The van der Waals surface area contributed by atoms with Gasteiger partial charge in [-0.2, -0.15) is 0 Å². The summed E-state index contributed by atoms with van der Waals surface area (Å²) in [6, 6.07) is 0.139. The second kappa shape index (κ2) is 3.87. The Bertz CT molecular complexity index is 172. The van der Waals surface area contributed by atoms with Gasteiger partial charge in [-0.25, -0.2) is 0 Å². The third-order valence-corrected chi connectivity index (χ3v) is 2.40. The van der Waals surface area contributed by atoms with Crippen LogP contribution in [-0.2, 0) is 4.79 Å². The van der Waals surface area contributed by atoms with Crippen molar-refractivity contribution in [3.8, 4) is 0 Å². The van der Waals surface area contributed by atoms with Crippen molar-refractivity contribution in [1.29, 1.82) is 0 Å². The van der Waals surface area contributed by atoms with Gasteiger partial charge < -0.3 is 15.3 Å². The summed E-state index contributed by atoms with van der Waals surface area (Å²) < 4.78 is 0. The summed E-state index contributed by atoms with van der Waals surface area (Å²) in [6.45, 7) is 2.74. The van der Waals surface area contributed by atoms with Crippen LogP contribution in [0, 0.1) is 0 Å². The zero-order valence-electron chi connectivity index (χ0n) is 7.58. The number of nitrogens with zero attached hydrogens (tertiary/aromatic N) is 1. The van der Waals surface area contributed by atoms with E-state index in [0.717, 1.165) is 13.0 Å². The minimum atomic E-state index is -0.423. The first-order valence-corrected chi connectivity index (χ1v) is 4.26. The molecule has 0 aromatic carbocycles. The van der Waals surface area contributed by atoms with E-state index >= 15 is 0 Å². The number of carbonyl (C=O) groups excluding carboxylic acids is 1. The van der Waals surface area contributed by atoms with Gasteiger partial charge in [0.05, 0.1) is 6.10 Å². The Balaban J connectivity index is 2.46. The van der Waals surface area contributed by atoms with Crippen molar-refractivity contribution in [2.24, 2.45) is 0 Å². The molecule has 1 saturated heterocycles. The zero-order chi connectivity index (χ0) is 9.14. The van der Waals surface area contributed by atoms with Gasteiger partial charge in [-0.15, -0.1) is 0 Å². The highest BCUT2D eigenvalue weighted by Crippen LogP contribution is 2.10. The minimum absolute atomic E-state index is 0.0450. The number of likely N-dealkylation sites (N-methyl/N-ethyl adjacent to an activating group) is 1. The summed E-state index contributed by atoms with van der Waals surface area (Å²) in [5, 5.41) is 12.6. The van der Waals surface area contributed by atoms with E-state index in [1.54, 1.807) is 4.90 Å². The molecule has 2 N–H and O–H groups in total. The molecule has 2 unspecified atom stereocenters. The smallest absolute Gasteiger partial charge is 0.219 e. The molecule has 1 aliphatic heterocycles. The number of aliphatic hydroxyl groups is 1. The van der Waals surface area contributed by atoms with Crippen molar-refractivity contribution in [3.05, 3.63) is 0 Å². The summed E-state index contributed by atoms with van der Waals surface area (Å²) >= 11 is 0. The van der Waals surface area contributed by atoms with Crippen LogP contribution in [0.25, 0.3) is 0 Å². The summed E-state index contributed by atoms with van der Waals surface area (Å²) in [5.74, 6) is 0.0450. The van der Waals surface area contributed by atoms with Crippen LogP contribution in [0.15, 0.2) is 0 Å². The second-order valence-electron chi connectivity index (χ2n) is 3.22.